The Balaban J connectivity index is 2.86. The Morgan fingerprint density at radius 2 is 2.19 bits per heavy atom. The summed E-state index contributed by atoms with van der Waals surface area (Å²) in [6, 6.07) is 4.00. The Morgan fingerprint density at radius 3 is 2.76 bits per heavy atom. The van der Waals surface area contributed by atoms with Crippen molar-refractivity contribution in [3.8, 4) is 0 Å². The van der Waals surface area contributed by atoms with Crippen LogP contribution in [0.15, 0.2) is 18.2 Å². The summed E-state index contributed by atoms with van der Waals surface area (Å²) in [7, 11) is 0. The molecule has 21 heavy (non-hydrogen) atoms. The maximum absolute atomic E-state index is 13.2. The third kappa shape index (κ3) is 5.52. The summed E-state index contributed by atoms with van der Waals surface area (Å²) in [5.74, 6) is -0.898. The van der Waals surface area contributed by atoms with Gasteiger partial charge in [-0.3, -0.25) is 5.41 Å². The minimum Gasteiger partial charge on any atom is -0.334 e. The van der Waals surface area contributed by atoms with Crippen LogP contribution in [-0.2, 0) is 9.63 Å². The van der Waals surface area contributed by atoms with E-state index in [1.165, 1.54) is 23.3 Å². The van der Waals surface area contributed by atoms with Crippen molar-refractivity contribution in [1.29, 1.82) is 5.41 Å². The normalized spacial score (nSPS) is 10.3. The van der Waals surface area contributed by atoms with Crippen molar-refractivity contribution in [2.45, 2.75) is 26.2 Å². The second kappa shape index (κ2) is 8.85. The minimum absolute atomic E-state index is 0.0666. The van der Waals surface area contributed by atoms with Crippen LogP contribution in [0.1, 0.15) is 26.2 Å². The van der Waals surface area contributed by atoms with Gasteiger partial charge in [0.2, 0.25) is 0 Å². The number of carbonyl (C=O) groups excluding carboxylic acids is 1. The topological polar surface area (TPSA) is 53.4 Å². The zero-order valence-corrected chi connectivity index (χ0v) is 13.2. The maximum Gasteiger partial charge on any atom is 0.376 e. The molecule has 0 aliphatic heterocycles. The fourth-order valence-electron chi connectivity index (χ4n) is 1.58. The SMILES string of the molecule is CCCC(=N)C(=O)ON(CCCCl)c1ccc(F)c(Cl)c1. The molecule has 1 N–H and O–H groups in total. The molecule has 0 atom stereocenters. The molecule has 0 heterocycles. The number of halogens is 3. The highest BCUT2D eigenvalue weighted by Gasteiger charge is 2.17. The molecule has 1 rings (SSSR count). The Labute approximate surface area is 133 Å². The summed E-state index contributed by atoms with van der Waals surface area (Å²) in [6.45, 7) is 2.20. The van der Waals surface area contributed by atoms with Gasteiger partial charge < -0.3 is 4.84 Å². The summed E-state index contributed by atoms with van der Waals surface area (Å²) >= 11 is 11.4. The predicted molar refractivity (Wildman–Crippen MR) is 82.8 cm³/mol. The van der Waals surface area contributed by atoms with E-state index in [0.717, 1.165) is 0 Å². The van der Waals surface area contributed by atoms with Crippen molar-refractivity contribution >= 4 is 40.6 Å². The van der Waals surface area contributed by atoms with Crippen LogP contribution in [0.25, 0.3) is 0 Å². The predicted octanol–water partition coefficient (Wildman–Crippen LogP) is 4.19. The highest BCUT2D eigenvalue weighted by molar-refractivity contribution is 6.35. The van der Waals surface area contributed by atoms with Gasteiger partial charge in [-0.15, -0.1) is 11.6 Å². The average molecular weight is 335 g/mol. The molecule has 1 aromatic rings. The molecule has 0 unspecified atom stereocenters. The molecule has 0 radical (unpaired) electrons. The number of hydrogen-bond acceptors (Lipinski definition) is 4. The van der Waals surface area contributed by atoms with Gasteiger partial charge in [0.05, 0.1) is 17.3 Å². The van der Waals surface area contributed by atoms with E-state index >= 15 is 0 Å². The lowest BCUT2D eigenvalue weighted by Gasteiger charge is -2.23. The van der Waals surface area contributed by atoms with Crippen molar-refractivity contribution in [1.82, 2.24) is 0 Å². The van der Waals surface area contributed by atoms with Gasteiger partial charge in [0.1, 0.15) is 11.5 Å². The molecule has 4 nitrogen and oxygen atoms in total. The van der Waals surface area contributed by atoms with E-state index in [1.807, 2.05) is 6.92 Å². The van der Waals surface area contributed by atoms with Gasteiger partial charge >= 0.3 is 5.97 Å². The van der Waals surface area contributed by atoms with Crippen molar-refractivity contribution in [2.24, 2.45) is 0 Å². The van der Waals surface area contributed by atoms with Gasteiger partial charge in [0, 0.05) is 5.88 Å². The van der Waals surface area contributed by atoms with Crippen LogP contribution >= 0.6 is 23.2 Å². The Morgan fingerprint density at radius 1 is 1.48 bits per heavy atom. The van der Waals surface area contributed by atoms with Crippen molar-refractivity contribution < 1.29 is 14.0 Å². The molecular formula is C14H17Cl2FN2O2. The first-order valence-corrected chi connectivity index (χ1v) is 7.49. The largest absolute Gasteiger partial charge is 0.376 e. The molecule has 0 aliphatic rings. The molecule has 0 aromatic heterocycles. The average Bonchev–Trinajstić information content (AvgIpc) is 2.46. The van der Waals surface area contributed by atoms with Gasteiger partial charge in [-0.2, -0.15) is 0 Å². The number of nitrogens with zero attached hydrogens (tertiary/aromatic N) is 1. The monoisotopic (exact) mass is 334 g/mol. The molecule has 0 spiro atoms. The Bertz CT molecular complexity index is 512. The van der Waals surface area contributed by atoms with E-state index in [-0.39, 0.29) is 10.7 Å². The molecule has 0 saturated heterocycles. The van der Waals surface area contributed by atoms with E-state index in [4.69, 9.17) is 33.4 Å². The zero-order valence-electron chi connectivity index (χ0n) is 11.7. The van der Waals surface area contributed by atoms with Crippen LogP contribution in [-0.4, -0.2) is 24.1 Å². The first kappa shape index (κ1) is 17.7. The van der Waals surface area contributed by atoms with E-state index in [0.29, 0.717) is 37.4 Å². The quantitative estimate of drug-likeness (QED) is 0.440. The fourth-order valence-corrected chi connectivity index (χ4v) is 1.87. The smallest absolute Gasteiger partial charge is 0.334 e. The van der Waals surface area contributed by atoms with Crippen molar-refractivity contribution in [2.75, 3.05) is 17.5 Å². The van der Waals surface area contributed by atoms with Gasteiger partial charge in [-0.05, 0) is 31.0 Å². The summed E-state index contributed by atoms with van der Waals surface area (Å²) in [5, 5.41) is 8.80. The molecule has 1 aromatic carbocycles. The summed E-state index contributed by atoms with van der Waals surface area (Å²) in [6.07, 6.45) is 1.58. The van der Waals surface area contributed by atoms with Gasteiger partial charge in [0.15, 0.2) is 0 Å². The number of rotatable bonds is 8. The number of carbonyl (C=O) groups is 1. The number of hydroxylamine groups is 1. The van der Waals surface area contributed by atoms with Crippen LogP contribution in [0.2, 0.25) is 5.02 Å². The minimum atomic E-state index is -0.730. The van der Waals surface area contributed by atoms with Gasteiger partial charge in [-0.1, -0.05) is 24.9 Å². The van der Waals surface area contributed by atoms with Crippen LogP contribution in [0, 0.1) is 11.2 Å². The number of alkyl halides is 1. The molecule has 0 saturated carbocycles. The first-order valence-electron chi connectivity index (χ1n) is 6.57. The number of hydrogen-bond donors (Lipinski definition) is 1. The molecular weight excluding hydrogens is 318 g/mol. The van der Waals surface area contributed by atoms with Crippen molar-refractivity contribution in [3.05, 3.63) is 29.0 Å². The highest BCUT2D eigenvalue weighted by atomic mass is 35.5. The zero-order chi connectivity index (χ0) is 15.8. The molecule has 116 valence electrons. The molecule has 7 heteroatoms. The fraction of sp³-hybridized carbons (Fsp3) is 0.429. The van der Waals surface area contributed by atoms with E-state index in [1.54, 1.807) is 0 Å². The number of anilines is 1. The number of nitrogens with one attached hydrogen (secondary N) is 1. The molecule has 0 amide bonds. The third-order valence-electron chi connectivity index (χ3n) is 2.63. The second-order valence-corrected chi connectivity index (χ2v) is 5.14. The van der Waals surface area contributed by atoms with E-state index < -0.39 is 11.8 Å². The molecule has 0 fully saturated rings. The molecule has 0 aliphatic carbocycles. The maximum atomic E-state index is 13.2. The summed E-state index contributed by atoms with van der Waals surface area (Å²) in [5.41, 5.74) is 0.325. The molecule has 0 bridgehead atoms. The Hall–Kier alpha value is -1.33. The lowest BCUT2D eigenvalue weighted by atomic mass is 10.2. The van der Waals surface area contributed by atoms with Crippen molar-refractivity contribution in [3.63, 3.8) is 0 Å². The van der Waals surface area contributed by atoms with Gasteiger partial charge in [-0.25, -0.2) is 14.2 Å². The summed E-state index contributed by atoms with van der Waals surface area (Å²) < 4.78 is 13.2. The van der Waals surface area contributed by atoms with Crippen LogP contribution in [0.5, 0.6) is 0 Å². The second-order valence-electron chi connectivity index (χ2n) is 4.35. The first-order chi connectivity index (χ1) is 9.99. The van der Waals surface area contributed by atoms with E-state index in [9.17, 15) is 9.18 Å². The highest BCUT2D eigenvalue weighted by Crippen LogP contribution is 2.23. The van der Waals surface area contributed by atoms with Crippen LogP contribution in [0.3, 0.4) is 0 Å². The van der Waals surface area contributed by atoms with Crippen LogP contribution in [0.4, 0.5) is 10.1 Å². The van der Waals surface area contributed by atoms with Gasteiger partial charge in [0.25, 0.3) is 0 Å². The third-order valence-corrected chi connectivity index (χ3v) is 3.18. The Kier molecular flexibility index (Phi) is 7.47. The lowest BCUT2D eigenvalue weighted by Crippen LogP contribution is -2.32. The van der Waals surface area contributed by atoms with Crippen LogP contribution < -0.4 is 5.06 Å². The lowest BCUT2D eigenvalue weighted by molar-refractivity contribution is -0.137. The number of benzene rings is 1. The standard InChI is InChI=1S/C14H17Cl2FN2O2/c1-2-4-13(18)14(20)21-19(8-3-7-15)10-5-6-12(17)11(16)9-10/h5-6,9,18H,2-4,7-8H2,1H3. The summed E-state index contributed by atoms with van der Waals surface area (Å²) in [4.78, 5) is 17.0. The van der Waals surface area contributed by atoms with E-state index in [2.05, 4.69) is 0 Å².